The Kier molecular flexibility index (Phi) is 3.91. The Morgan fingerprint density at radius 1 is 1.19 bits per heavy atom. The first-order chi connectivity index (χ1) is 10.3. The first kappa shape index (κ1) is 14.1. The quantitative estimate of drug-likeness (QED) is 0.777. The van der Waals surface area contributed by atoms with Crippen LogP contribution in [0.2, 0.25) is 0 Å². The number of hydrogen-bond acceptors (Lipinski definition) is 2. The third-order valence-corrected chi connectivity index (χ3v) is 4.60. The third kappa shape index (κ3) is 2.41. The number of nitrogens with zero attached hydrogens (tertiary/aromatic N) is 2. The largest absolute Gasteiger partial charge is 0.291 e. The van der Waals surface area contributed by atoms with Crippen LogP contribution in [0.15, 0.2) is 42.6 Å². The minimum atomic E-state index is -0.340. The minimum Gasteiger partial charge on any atom is -0.291 e. The van der Waals surface area contributed by atoms with Crippen molar-refractivity contribution in [2.45, 2.75) is 51.0 Å². The monoisotopic (exact) mass is 282 g/mol. The lowest BCUT2D eigenvalue weighted by Crippen LogP contribution is -2.34. The van der Waals surface area contributed by atoms with Crippen molar-refractivity contribution in [2.75, 3.05) is 0 Å². The molecule has 1 aromatic carbocycles. The van der Waals surface area contributed by atoms with E-state index in [1.165, 1.54) is 0 Å². The summed E-state index contributed by atoms with van der Waals surface area (Å²) in [5.41, 5.74) is 1.59. The van der Waals surface area contributed by atoms with Crippen LogP contribution in [0, 0.1) is 0 Å². The van der Waals surface area contributed by atoms with E-state index in [0.29, 0.717) is 0 Å². The van der Waals surface area contributed by atoms with Gasteiger partial charge in [-0.15, -0.1) is 0 Å². The maximum absolute atomic E-state index is 13.3. The Morgan fingerprint density at radius 3 is 2.57 bits per heavy atom. The number of hydrogen-bond donors (Lipinski definition) is 0. The maximum Gasteiger partial charge on any atom is 0.191 e. The van der Waals surface area contributed by atoms with Gasteiger partial charge in [-0.1, -0.05) is 50.1 Å². The van der Waals surface area contributed by atoms with Gasteiger partial charge in [0.25, 0.3) is 0 Å². The van der Waals surface area contributed by atoms with Crippen molar-refractivity contribution in [3.05, 3.63) is 53.9 Å². The van der Waals surface area contributed by atoms with Crippen LogP contribution in [-0.2, 0) is 12.0 Å². The zero-order valence-electron chi connectivity index (χ0n) is 12.6. The Bertz CT molecular complexity index is 609. The molecule has 110 valence electrons. The molecule has 1 fully saturated rings. The molecule has 3 nitrogen and oxygen atoms in total. The molecule has 0 atom stereocenters. The molecule has 2 aromatic rings. The first-order valence-electron chi connectivity index (χ1n) is 7.90. The molecule has 1 saturated carbocycles. The van der Waals surface area contributed by atoms with Gasteiger partial charge in [0.1, 0.15) is 5.69 Å². The predicted octanol–water partition coefficient (Wildman–Crippen LogP) is 3.99. The number of carbonyl (C=O) groups excluding carboxylic acids is 1. The molecule has 3 heteroatoms. The van der Waals surface area contributed by atoms with E-state index in [2.05, 4.69) is 24.2 Å². The highest BCUT2D eigenvalue weighted by Crippen LogP contribution is 2.43. The summed E-state index contributed by atoms with van der Waals surface area (Å²) in [5, 5.41) is 4.32. The van der Waals surface area contributed by atoms with E-state index in [1.807, 2.05) is 28.9 Å². The van der Waals surface area contributed by atoms with E-state index in [1.54, 1.807) is 6.20 Å². The average molecular weight is 282 g/mol. The summed E-state index contributed by atoms with van der Waals surface area (Å²) in [4.78, 5) is 13.3. The summed E-state index contributed by atoms with van der Waals surface area (Å²) in [5.74, 6) is 0.247. The summed E-state index contributed by atoms with van der Waals surface area (Å²) < 4.78 is 1.87. The summed E-state index contributed by atoms with van der Waals surface area (Å²) in [6.45, 7) is 2.91. The molecular weight excluding hydrogens is 260 g/mol. The molecule has 0 saturated heterocycles. The van der Waals surface area contributed by atoms with Crippen LogP contribution >= 0.6 is 0 Å². The van der Waals surface area contributed by atoms with Crippen molar-refractivity contribution < 1.29 is 4.79 Å². The van der Waals surface area contributed by atoms with Gasteiger partial charge in [0.2, 0.25) is 0 Å². The van der Waals surface area contributed by atoms with Crippen molar-refractivity contribution in [2.24, 2.45) is 0 Å². The lowest BCUT2D eigenvalue weighted by Gasteiger charge is -2.28. The van der Waals surface area contributed by atoms with Gasteiger partial charge in [-0.25, -0.2) is 0 Å². The highest BCUT2D eigenvalue weighted by molar-refractivity contribution is 6.03. The van der Waals surface area contributed by atoms with E-state index in [-0.39, 0.29) is 11.2 Å². The molecule has 0 bridgehead atoms. The molecule has 0 spiro atoms. The summed E-state index contributed by atoms with van der Waals surface area (Å²) in [7, 11) is 0. The molecule has 0 unspecified atom stereocenters. The minimum absolute atomic E-state index is 0.247. The molecule has 0 amide bonds. The average Bonchev–Trinajstić information content (AvgIpc) is 3.18. The maximum atomic E-state index is 13.3. The normalized spacial score (nSPS) is 17.0. The summed E-state index contributed by atoms with van der Waals surface area (Å²) in [6.07, 6.45) is 6.89. The van der Waals surface area contributed by atoms with Gasteiger partial charge in [-0.3, -0.25) is 9.48 Å². The molecule has 1 heterocycles. The number of rotatable bonds is 5. The van der Waals surface area contributed by atoms with Gasteiger partial charge in [-0.05, 0) is 30.9 Å². The number of ketones is 1. The molecular formula is C18H22N2O. The SMILES string of the molecule is CCCn1nccc1C(=O)C1(c2ccccc2)CCCC1. The molecule has 21 heavy (non-hydrogen) atoms. The van der Waals surface area contributed by atoms with Gasteiger partial charge in [0.15, 0.2) is 5.78 Å². The fourth-order valence-corrected chi connectivity index (χ4v) is 3.54. The lowest BCUT2D eigenvalue weighted by atomic mass is 9.74. The highest BCUT2D eigenvalue weighted by atomic mass is 16.1. The van der Waals surface area contributed by atoms with Crippen LogP contribution in [0.4, 0.5) is 0 Å². The van der Waals surface area contributed by atoms with Crippen LogP contribution < -0.4 is 0 Å². The number of aromatic nitrogens is 2. The second-order valence-corrected chi connectivity index (χ2v) is 5.92. The molecule has 1 aliphatic carbocycles. The first-order valence-corrected chi connectivity index (χ1v) is 7.90. The molecule has 3 rings (SSSR count). The zero-order chi connectivity index (χ0) is 14.7. The van der Waals surface area contributed by atoms with Crippen molar-refractivity contribution >= 4 is 5.78 Å². The predicted molar refractivity (Wildman–Crippen MR) is 83.4 cm³/mol. The van der Waals surface area contributed by atoms with Crippen molar-refractivity contribution in [1.29, 1.82) is 0 Å². The molecule has 1 aliphatic rings. The second kappa shape index (κ2) is 5.84. The van der Waals surface area contributed by atoms with Crippen LogP contribution in [-0.4, -0.2) is 15.6 Å². The zero-order valence-corrected chi connectivity index (χ0v) is 12.6. The molecule has 0 N–H and O–H groups in total. The smallest absolute Gasteiger partial charge is 0.191 e. The van der Waals surface area contributed by atoms with Gasteiger partial charge in [-0.2, -0.15) is 5.10 Å². The summed E-state index contributed by atoms with van der Waals surface area (Å²) in [6, 6.07) is 12.2. The van der Waals surface area contributed by atoms with Crippen LogP contribution in [0.5, 0.6) is 0 Å². The van der Waals surface area contributed by atoms with Gasteiger partial charge in [0, 0.05) is 12.7 Å². The fourth-order valence-electron chi connectivity index (χ4n) is 3.54. The van der Waals surface area contributed by atoms with Crippen LogP contribution in [0.3, 0.4) is 0 Å². The van der Waals surface area contributed by atoms with E-state index >= 15 is 0 Å². The number of benzene rings is 1. The Hall–Kier alpha value is -1.90. The number of Topliss-reactive ketones (excluding diaryl/α,β-unsaturated/α-hetero) is 1. The number of aryl methyl sites for hydroxylation is 1. The number of carbonyl (C=O) groups is 1. The molecule has 0 aliphatic heterocycles. The Balaban J connectivity index is 2.02. The third-order valence-electron chi connectivity index (χ3n) is 4.60. The van der Waals surface area contributed by atoms with Gasteiger partial charge >= 0.3 is 0 Å². The van der Waals surface area contributed by atoms with Gasteiger partial charge in [0.05, 0.1) is 5.41 Å². The van der Waals surface area contributed by atoms with E-state index in [4.69, 9.17) is 0 Å². The van der Waals surface area contributed by atoms with Crippen molar-refractivity contribution in [3.8, 4) is 0 Å². The van der Waals surface area contributed by atoms with Crippen molar-refractivity contribution in [3.63, 3.8) is 0 Å². The summed E-state index contributed by atoms with van der Waals surface area (Å²) >= 11 is 0. The Labute approximate surface area is 126 Å². The van der Waals surface area contributed by atoms with E-state index in [9.17, 15) is 4.79 Å². The fraction of sp³-hybridized carbons (Fsp3) is 0.444. The van der Waals surface area contributed by atoms with Crippen LogP contribution in [0.25, 0.3) is 0 Å². The van der Waals surface area contributed by atoms with E-state index < -0.39 is 0 Å². The molecule has 1 aromatic heterocycles. The van der Waals surface area contributed by atoms with Crippen molar-refractivity contribution in [1.82, 2.24) is 9.78 Å². The molecule has 0 radical (unpaired) electrons. The topological polar surface area (TPSA) is 34.9 Å². The van der Waals surface area contributed by atoms with Gasteiger partial charge < -0.3 is 0 Å². The standard InChI is InChI=1S/C18H22N2O/c1-2-14-20-16(10-13-19-20)17(21)18(11-6-7-12-18)15-8-4-3-5-9-15/h3-5,8-10,13H,2,6-7,11-12,14H2,1H3. The second-order valence-electron chi connectivity index (χ2n) is 5.92. The van der Waals surface area contributed by atoms with E-state index in [0.717, 1.165) is 49.9 Å². The Morgan fingerprint density at radius 2 is 1.90 bits per heavy atom. The lowest BCUT2D eigenvalue weighted by molar-refractivity contribution is 0.0874. The highest BCUT2D eigenvalue weighted by Gasteiger charge is 2.43. The van der Waals surface area contributed by atoms with Crippen LogP contribution in [0.1, 0.15) is 55.1 Å².